The average Bonchev–Trinajstić information content (AvgIpc) is 3.26. The van der Waals surface area contributed by atoms with Gasteiger partial charge in [-0.25, -0.2) is 0 Å². The molecule has 0 radical (unpaired) electrons. The molecule has 1 nitrogen and oxygen atoms in total. The van der Waals surface area contributed by atoms with Crippen molar-refractivity contribution in [2.75, 3.05) is 0 Å². The van der Waals surface area contributed by atoms with E-state index >= 15 is 0 Å². The van der Waals surface area contributed by atoms with Gasteiger partial charge >= 0.3 is 0 Å². The minimum Gasteiger partial charge on any atom is -0.371 e. The second-order valence-corrected chi connectivity index (χ2v) is 12.9. The number of ether oxygens (including phenoxy) is 1. The Morgan fingerprint density at radius 3 is 1.34 bits per heavy atom. The van der Waals surface area contributed by atoms with Gasteiger partial charge in [0.25, 0.3) is 0 Å². The van der Waals surface area contributed by atoms with Crippen molar-refractivity contribution >= 4 is 0 Å². The molecule has 0 aromatic carbocycles. The van der Waals surface area contributed by atoms with Crippen molar-refractivity contribution in [3.05, 3.63) is 69.9 Å². The first-order valence-corrected chi connectivity index (χ1v) is 11.3. The first kappa shape index (κ1) is 17.1. The van der Waals surface area contributed by atoms with Crippen molar-refractivity contribution in [3.63, 3.8) is 0 Å². The summed E-state index contributed by atoms with van der Waals surface area (Å²) in [6, 6.07) is 0. The van der Waals surface area contributed by atoms with E-state index in [1.807, 2.05) is 0 Å². The quantitative estimate of drug-likeness (QED) is 0.465. The number of hydrogen-bond acceptors (Lipinski definition) is 1. The third kappa shape index (κ3) is 1.31. The fourth-order valence-corrected chi connectivity index (χ4v) is 7.85. The van der Waals surface area contributed by atoms with E-state index in [0.29, 0.717) is 23.0 Å². The van der Waals surface area contributed by atoms with Crippen LogP contribution >= 0.6 is 0 Å². The Morgan fingerprint density at radius 1 is 0.655 bits per heavy atom. The molecule has 3 saturated carbocycles. The van der Waals surface area contributed by atoms with Crippen LogP contribution in [0.5, 0.6) is 0 Å². The maximum Gasteiger partial charge on any atom is 0.0839 e. The van der Waals surface area contributed by atoms with Crippen LogP contribution in [0.15, 0.2) is 69.9 Å². The SMILES string of the molecule is CC(C)(C)C1=CC2=CC=C3C=C(C(C)(C)C)C=C4C3(C)C2(C)C(=C1)C12C3OC1C432. The summed E-state index contributed by atoms with van der Waals surface area (Å²) in [4.78, 5) is 0. The van der Waals surface area contributed by atoms with Gasteiger partial charge in [0.15, 0.2) is 0 Å². The van der Waals surface area contributed by atoms with E-state index in [2.05, 4.69) is 91.8 Å². The van der Waals surface area contributed by atoms with Crippen LogP contribution in [-0.2, 0) is 4.74 Å². The summed E-state index contributed by atoms with van der Waals surface area (Å²) >= 11 is 0. The van der Waals surface area contributed by atoms with E-state index in [0.717, 1.165) is 0 Å². The Kier molecular flexibility index (Phi) is 2.35. The Hall–Kier alpha value is -1.60. The summed E-state index contributed by atoms with van der Waals surface area (Å²) in [7, 11) is 0. The smallest absolute Gasteiger partial charge is 0.0839 e. The van der Waals surface area contributed by atoms with Crippen LogP contribution in [0.4, 0.5) is 0 Å². The summed E-state index contributed by atoms with van der Waals surface area (Å²) < 4.78 is 6.25. The lowest BCUT2D eigenvalue weighted by atomic mass is 9.44. The topological polar surface area (TPSA) is 9.23 Å². The van der Waals surface area contributed by atoms with Gasteiger partial charge in [-0.05, 0) is 44.3 Å². The van der Waals surface area contributed by atoms with E-state index in [1.54, 1.807) is 11.1 Å². The molecule has 29 heavy (non-hydrogen) atoms. The largest absolute Gasteiger partial charge is 0.371 e. The minimum atomic E-state index is 0.0361. The molecule has 0 amide bonds. The predicted molar refractivity (Wildman–Crippen MR) is 117 cm³/mol. The zero-order valence-corrected chi connectivity index (χ0v) is 19.0. The summed E-state index contributed by atoms with van der Waals surface area (Å²) in [5.41, 5.74) is 10.3. The lowest BCUT2D eigenvalue weighted by Crippen LogP contribution is -2.50. The molecule has 6 aliphatic carbocycles. The fourth-order valence-electron chi connectivity index (χ4n) is 7.85. The van der Waals surface area contributed by atoms with Crippen molar-refractivity contribution in [3.8, 4) is 0 Å². The summed E-state index contributed by atoms with van der Waals surface area (Å²) in [5, 5.41) is 0. The van der Waals surface area contributed by atoms with E-state index in [4.69, 9.17) is 4.74 Å². The highest BCUT2D eigenvalue weighted by Crippen LogP contribution is 3.06. The molecule has 0 N–H and O–H groups in total. The van der Waals surface area contributed by atoms with Crippen molar-refractivity contribution in [2.45, 2.75) is 67.6 Å². The van der Waals surface area contributed by atoms with Crippen molar-refractivity contribution in [1.82, 2.24) is 0 Å². The van der Waals surface area contributed by atoms with Crippen LogP contribution in [0.3, 0.4) is 0 Å². The molecule has 8 rings (SSSR count). The monoisotopic (exact) mass is 384 g/mol. The summed E-state index contributed by atoms with van der Waals surface area (Å²) in [5.74, 6) is 0. The van der Waals surface area contributed by atoms with Gasteiger partial charge in [0.2, 0.25) is 0 Å². The van der Waals surface area contributed by atoms with Crippen LogP contribution in [0.1, 0.15) is 55.4 Å². The molecule has 0 aromatic heterocycles. The second-order valence-electron chi connectivity index (χ2n) is 12.9. The van der Waals surface area contributed by atoms with Gasteiger partial charge in [-0.3, -0.25) is 0 Å². The van der Waals surface area contributed by atoms with Crippen LogP contribution in [0.25, 0.3) is 0 Å². The molecule has 2 spiro atoms. The summed E-state index contributed by atoms with van der Waals surface area (Å²) in [6.45, 7) is 19.2. The van der Waals surface area contributed by atoms with Crippen molar-refractivity contribution in [2.24, 2.45) is 32.5 Å². The molecular formula is C28H32O. The number of rotatable bonds is 0. The lowest BCUT2D eigenvalue weighted by molar-refractivity contribution is -0.135. The first-order valence-electron chi connectivity index (χ1n) is 11.3. The van der Waals surface area contributed by atoms with Crippen molar-refractivity contribution < 1.29 is 4.74 Å². The fraction of sp³-hybridized carbons (Fsp3) is 0.571. The Morgan fingerprint density at radius 2 is 1.03 bits per heavy atom. The van der Waals surface area contributed by atoms with Gasteiger partial charge in [-0.15, -0.1) is 0 Å². The summed E-state index contributed by atoms with van der Waals surface area (Å²) in [6.07, 6.45) is 15.9. The van der Waals surface area contributed by atoms with E-state index in [9.17, 15) is 0 Å². The van der Waals surface area contributed by atoms with Gasteiger partial charge < -0.3 is 4.74 Å². The minimum absolute atomic E-state index is 0.0361. The molecular weight excluding hydrogens is 352 g/mol. The first-order chi connectivity index (χ1) is 13.4. The molecule has 2 heterocycles. The third-order valence-electron chi connectivity index (χ3n) is 9.96. The maximum absolute atomic E-state index is 6.25. The molecule has 2 unspecified atom stereocenters. The average molecular weight is 385 g/mol. The second kappa shape index (κ2) is 3.98. The molecule has 1 heteroatoms. The standard InChI is InChI=1S/C28H32O/c1-23(2,3)17-11-15-9-10-16-12-18(24(4,5)6)14-20-26(16,8)25(15,7)19(13-17)27-21-28(20,27)22(27)29-21/h9-14,21-22H,1-8H3. The van der Waals surface area contributed by atoms with Crippen molar-refractivity contribution in [1.29, 1.82) is 0 Å². The highest BCUT2D eigenvalue weighted by Gasteiger charge is 3.13. The third-order valence-corrected chi connectivity index (χ3v) is 9.96. The van der Waals surface area contributed by atoms with Crippen LogP contribution in [-0.4, -0.2) is 12.2 Å². The van der Waals surface area contributed by atoms with Crippen LogP contribution in [0, 0.1) is 32.5 Å². The molecule has 150 valence electrons. The highest BCUT2D eigenvalue weighted by molar-refractivity contribution is 5.82. The molecule has 2 bridgehead atoms. The number of allylic oxidation sites excluding steroid dienone is 10. The zero-order valence-electron chi connectivity index (χ0n) is 19.0. The van der Waals surface area contributed by atoms with Gasteiger partial charge in [-0.2, -0.15) is 0 Å². The Balaban J connectivity index is 1.57. The normalized spacial score (nSPS) is 49.7. The predicted octanol–water partition coefficient (Wildman–Crippen LogP) is 6.47. The molecule has 2 aliphatic heterocycles. The molecule has 5 fully saturated rings. The molecule has 2 saturated heterocycles. The Labute approximate surface area is 175 Å². The molecule has 2 atom stereocenters. The van der Waals surface area contributed by atoms with Gasteiger partial charge in [0, 0.05) is 10.8 Å². The lowest BCUT2D eigenvalue weighted by Gasteiger charge is -2.58. The highest BCUT2D eigenvalue weighted by atomic mass is 16.6. The van der Waals surface area contributed by atoms with E-state index in [1.165, 1.54) is 22.3 Å². The molecule has 0 aromatic rings. The van der Waals surface area contributed by atoms with Crippen LogP contribution in [0.2, 0.25) is 0 Å². The maximum atomic E-state index is 6.25. The number of hydrogen-bond donors (Lipinski definition) is 0. The van der Waals surface area contributed by atoms with Gasteiger partial charge in [-0.1, -0.05) is 91.8 Å². The van der Waals surface area contributed by atoms with Gasteiger partial charge in [0.1, 0.15) is 0 Å². The van der Waals surface area contributed by atoms with E-state index in [-0.39, 0.29) is 21.7 Å². The zero-order chi connectivity index (χ0) is 20.6. The van der Waals surface area contributed by atoms with Gasteiger partial charge in [0.05, 0.1) is 23.0 Å². The molecule has 8 aliphatic rings. The van der Waals surface area contributed by atoms with E-state index < -0.39 is 0 Å². The Bertz CT molecular complexity index is 1030. The van der Waals surface area contributed by atoms with Crippen LogP contribution < -0.4 is 0 Å².